The fraction of sp³-hybridized carbons (Fsp3) is 0.0435. The van der Waals surface area contributed by atoms with E-state index in [1.807, 2.05) is 73.7 Å². The highest BCUT2D eigenvalue weighted by molar-refractivity contribution is 6.33. The van der Waals surface area contributed by atoms with Gasteiger partial charge in [0, 0.05) is 11.1 Å². The van der Waals surface area contributed by atoms with Crippen LogP contribution in [-0.4, -0.2) is 5.91 Å². The first kappa shape index (κ1) is 18.0. The number of hydrogen-bond donors (Lipinski definition) is 1. The average Bonchev–Trinajstić information content (AvgIpc) is 2.70. The van der Waals surface area contributed by atoms with E-state index in [1.165, 1.54) is 0 Å². The molecule has 1 amide bonds. The predicted octanol–water partition coefficient (Wildman–Crippen LogP) is 5.88. The van der Waals surface area contributed by atoms with Gasteiger partial charge in [0.15, 0.2) is 0 Å². The number of halogens is 1. The third-order valence-corrected chi connectivity index (χ3v) is 4.56. The highest BCUT2D eigenvalue weighted by Gasteiger charge is 2.13. The Morgan fingerprint density at radius 2 is 1.71 bits per heavy atom. The molecule has 138 valence electrons. The van der Waals surface area contributed by atoms with Crippen LogP contribution in [0.1, 0.15) is 15.9 Å². The van der Waals surface area contributed by atoms with Crippen LogP contribution in [-0.2, 0) is 0 Å². The van der Waals surface area contributed by atoms with E-state index in [9.17, 15) is 4.79 Å². The van der Waals surface area contributed by atoms with Crippen LogP contribution in [0, 0.1) is 6.92 Å². The van der Waals surface area contributed by atoms with Gasteiger partial charge in [-0.25, -0.2) is 4.99 Å². The van der Waals surface area contributed by atoms with Gasteiger partial charge in [-0.1, -0.05) is 54.1 Å². The summed E-state index contributed by atoms with van der Waals surface area (Å²) in [5.41, 5.74) is 3.44. The van der Waals surface area contributed by atoms with Crippen molar-refractivity contribution < 1.29 is 9.21 Å². The summed E-state index contributed by atoms with van der Waals surface area (Å²) in [4.78, 5) is 17.5. The molecule has 4 rings (SSSR count). The number of nitrogens with zero attached hydrogens (tertiary/aromatic N) is 1. The fourth-order valence-electron chi connectivity index (χ4n) is 2.85. The van der Waals surface area contributed by atoms with E-state index in [-0.39, 0.29) is 11.5 Å². The summed E-state index contributed by atoms with van der Waals surface area (Å²) in [5.74, 6) is -0.303. The number of carbonyl (C=O) groups is 1. The minimum atomic E-state index is -0.303. The van der Waals surface area contributed by atoms with Gasteiger partial charge in [0.05, 0.1) is 10.7 Å². The van der Waals surface area contributed by atoms with Crippen LogP contribution in [0.5, 0.6) is 0 Å². The molecule has 4 nitrogen and oxygen atoms in total. The molecule has 0 saturated carbocycles. The molecule has 3 aromatic carbocycles. The van der Waals surface area contributed by atoms with Gasteiger partial charge in [-0.2, -0.15) is 0 Å². The highest BCUT2D eigenvalue weighted by atomic mass is 35.5. The van der Waals surface area contributed by atoms with Crippen LogP contribution in [0.2, 0.25) is 5.02 Å². The molecule has 28 heavy (non-hydrogen) atoms. The second-order valence-electron chi connectivity index (χ2n) is 6.39. The first-order valence-corrected chi connectivity index (χ1v) is 9.18. The molecule has 4 aromatic rings. The summed E-state index contributed by atoms with van der Waals surface area (Å²) in [6, 6.07) is 24.1. The van der Waals surface area contributed by atoms with Crippen LogP contribution in [0.3, 0.4) is 0 Å². The third-order valence-electron chi connectivity index (χ3n) is 4.26. The maximum Gasteiger partial charge on any atom is 0.261 e. The molecule has 0 spiro atoms. The normalized spacial score (nSPS) is 11.6. The smallest absolute Gasteiger partial charge is 0.261 e. The van der Waals surface area contributed by atoms with Crippen LogP contribution in [0.15, 0.2) is 88.3 Å². The Morgan fingerprint density at radius 3 is 2.50 bits per heavy atom. The number of benzene rings is 3. The van der Waals surface area contributed by atoms with E-state index in [1.54, 1.807) is 12.1 Å². The molecule has 0 unspecified atom stereocenters. The van der Waals surface area contributed by atoms with Crippen LogP contribution < -0.4 is 10.9 Å². The number of aryl methyl sites for hydroxylation is 1. The largest absolute Gasteiger partial charge is 0.438 e. The van der Waals surface area contributed by atoms with E-state index in [2.05, 4.69) is 10.3 Å². The van der Waals surface area contributed by atoms with Gasteiger partial charge in [0.25, 0.3) is 5.91 Å². The minimum Gasteiger partial charge on any atom is -0.438 e. The highest BCUT2D eigenvalue weighted by Crippen LogP contribution is 2.25. The zero-order chi connectivity index (χ0) is 19.5. The number of fused-ring (bicyclic) bond motifs is 1. The van der Waals surface area contributed by atoms with Crippen LogP contribution in [0.25, 0.3) is 11.0 Å². The maximum absolute atomic E-state index is 12.9. The number of amides is 1. The van der Waals surface area contributed by atoms with E-state index < -0.39 is 0 Å². The second kappa shape index (κ2) is 7.71. The zero-order valence-corrected chi connectivity index (χ0v) is 15.9. The molecule has 0 bridgehead atoms. The van der Waals surface area contributed by atoms with Gasteiger partial charge in [-0.05, 0) is 48.9 Å². The standard InChI is InChI=1S/C23H17ClN2O2/c1-15-11-12-20(19(24)13-15)26-23-18(14-16-7-5-6-10-21(16)28-23)22(27)25-17-8-3-2-4-9-17/h2-14H,1H3,(H,25,27). The number of carbonyl (C=O) groups excluding carboxylic acids is 1. The lowest BCUT2D eigenvalue weighted by Crippen LogP contribution is -2.21. The average molecular weight is 389 g/mol. The van der Waals surface area contributed by atoms with E-state index in [0.717, 1.165) is 10.9 Å². The summed E-state index contributed by atoms with van der Waals surface area (Å²) in [6.45, 7) is 1.95. The minimum absolute atomic E-state index is 0.206. The third kappa shape index (κ3) is 3.82. The summed E-state index contributed by atoms with van der Waals surface area (Å²) in [5, 5.41) is 4.19. The first-order chi connectivity index (χ1) is 13.6. The van der Waals surface area contributed by atoms with Crippen molar-refractivity contribution in [3.8, 4) is 0 Å². The molecule has 0 saturated heterocycles. The monoisotopic (exact) mass is 388 g/mol. The Kier molecular flexibility index (Phi) is 4.96. The van der Waals surface area contributed by atoms with Gasteiger partial charge >= 0.3 is 0 Å². The van der Waals surface area contributed by atoms with Crippen LogP contribution in [0.4, 0.5) is 11.4 Å². The number of para-hydroxylation sites is 2. The molecular formula is C23H17ClN2O2. The van der Waals surface area contributed by atoms with Crippen molar-refractivity contribution in [2.75, 3.05) is 5.32 Å². The Labute approximate surface area is 167 Å². The molecular weight excluding hydrogens is 372 g/mol. The zero-order valence-electron chi connectivity index (χ0n) is 15.1. The second-order valence-corrected chi connectivity index (χ2v) is 6.80. The Balaban J connectivity index is 1.87. The first-order valence-electron chi connectivity index (χ1n) is 8.80. The Bertz CT molecular complexity index is 1230. The maximum atomic E-state index is 12.9. The summed E-state index contributed by atoms with van der Waals surface area (Å²) in [6.07, 6.45) is 0. The molecule has 1 aromatic heterocycles. The summed E-state index contributed by atoms with van der Waals surface area (Å²) in [7, 11) is 0. The molecule has 5 heteroatoms. The molecule has 1 N–H and O–H groups in total. The van der Waals surface area contributed by atoms with Gasteiger partial charge < -0.3 is 9.73 Å². The fourth-order valence-corrected chi connectivity index (χ4v) is 3.12. The summed E-state index contributed by atoms with van der Waals surface area (Å²) < 4.78 is 5.95. The topological polar surface area (TPSA) is 54.6 Å². The molecule has 0 aliphatic carbocycles. The lowest BCUT2D eigenvalue weighted by Gasteiger charge is -2.07. The van der Waals surface area contributed by atoms with Crippen molar-refractivity contribution in [1.29, 1.82) is 0 Å². The Hall–Kier alpha value is -3.37. The van der Waals surface area contributed by atoms with Crippen molar-refractivity contribution in [2.24, 2.45) is 4.99 Å². The van der Waals surface area contributed by atoms with Crippen molar-refractivity contribution >= 4 is 39.9 Å². The van der Waals surface area contributed by atoms with E-state index in [4.69, 9.17) is 16.0 Å². The van der Waals surface area contributed by atoms with Crippen molar-refractivity contribution in [1.82, 2.24) is 0 Å². The van der Waals surface area contributed by atoms with Gasteiger partial charge in [-0.3, -0.25) is 4.79 Å². The SMILES string of the molecule is Cc1ccc(N=c2oc3ccccc3cc2C(=O)Nc2ccccc2)c(Cl)c1. The molecule has 0 aliphatic rings. The van der Waals surface area contributed by atoms with Crippen LogP contribution >= 0.6 is 11.6 Å². The lowest BCUT2D eigenvalue weighted by molar-refractivity contribution is 0.102. The van der Waals surface area contributed by atoms with Gasteiger partial charge in [0.1, 0.15) is 11.1 Å². The van der Waals surface area contributed by atoms with Gasteiger partial charge in [0.2, 0.25) is 5.55 Å². The molecule has 0 radical (unpaired) electrons. The number of nitrogens with one attached hydrogen (secondary N) is 1. The molecule has 1 heterocycles. The lowest BCUT2D eigenvalue weighted by atomic mass is 10.1. The van der Waals surface area contributed by atoms with Crippen molar-refractivity contribution in [2.45, 2.75) is 6.92 Å². The quantitative estimate of drug-likeness (QED) is 0.476. The number of hydrogen-bond acceptors (Lipinski definition) is 3. The molecule has 0 aliphatic heterocycles. The van der Waals surface area contributed by atoms with E-state index >= 15 is 0 Å². The van der Waals surface area contributed by atoms with Crippen molar-refractivity contribution in [3.05, 3.63) is 101 Å². The van der Waals surface area contributed by atoms with Gasteiger partial charge in [-0.15, -0.1) is 0 Å². The summed E-state index contributed by atoms with van der Waals surface area (Å²) >= 11 is 6.32. The Morgan fingerprint density at radius 1 is 0.964 bits per heavy atom. The van der Waals surface area contributed by atoms with E-state index in [0.29, 0.717) is 27.5 Å². The molecule has 0 fully saturated rings. The number of rotatable bonds is 3. The number of anilines is 1. The molecule has 0 atom stereocenters. The predicted molar refractivity (Wildman–Crippen MR) is 112 cm³/mol. The van der Waals surface area contributed by atoms with Crippen molar-refractivity contribution in [3.63, 3.8) is 0 Å².